The van der Waals surface area contributed by atoms with Crippen LogP contribution in [0.3, 0.4) is 0 Å². The Morgan fingerprint density at radius 1 is 1.23 bits per heavy atom. The molecule has 4 rings (SSSR count). The van der Waals surface area contributed by atoms with Crippen LogP contribution in [0.15, 0.2) is 39.3 Å². The van der Waals surface area contributed by atoms with Gasteiger partial charge in [-0.25, -0.2) is 32.9 Å². The molecule has 35 heavy (non-hydrogen) atoms. The van der Waals surface area contributed by atoms with E-state index in [4.69, 9.17) is 9.47 Å². The van der Waals surface area contributed by atoms with Gasteiger partial charge < -0.3 is 9.47 Å². The summed E-state index contributed by atoms with van der Waals surface area (Å²) in [4.78, 5) is 21.6. The lowest BCUT2D eigenvalue weighted by Crippen LogP contribution is -2.40. The first kappa shape index (κ1) is 25.9. The number of rotatable bonds is 6. The fraction of sp³-hybridized carbons (Fsp3) is 0.400. The lowest BCUT2D eigenvalue weighted by molar-refractivity contribution is 0.0373. The first-order valence-electron chi connectivity index (χ1n) is 10.5. The van der Waals surface area contributed by atoms with E-state index in [1.807, 2.05) is 0 Å². The molecule has 1 atom stereocenters. The zero-order chi connectivity index (χ0) is 25.5. The van der Waals surface area contributed by atoms with E-state index in [-0.39, 0.29) is 17.1 Å². The number of carbonyl (C=O) groups is 1. The molecule has 0 N–H and O–H groups in total. The summed E-state index contributed by atoms with van der Waals surface area (Å²) in [5, 5.41) is 6.69. The van der Waals surface area contributed by atoms with Gasteiger partial charge in [-0.15, -0.1) is 25.3 Å². The van der Waals surface area contributed by atoms with E-state index < -0.39 is 15.9 Å². The highest BCUT2D eigenvalue weighted by atomic mass is 32.2. The van der Waals surface area contributed by atoms with E-state index in [1.54, 1.807) is 25.1 Å². The zero-order valence-corrected chi connectivity index (χ0v) is 22.6. The zero-order valence-electron chi connectivity index (χ0n) is 19.1. The first-order valence-corrected chi connectivity index (χ1v) is 13.7. The van der Waals surface area contributed by atoms with Crippen molar-refractivity contribution in [2.75, 3.05) is 19.3 Å². The topological polar surface area (TPSA) is 120 Å². The molecule has 3 aromatic rings. The van der Waals surface area contributed by atoms with Crippen molar-refractivity contribution in [1.82, 2.24) is 29.2 Å². The van der Waals surface area contributed by atoms with Gasteiger partial charge in [-0.05, 0) is 38.8 Å². The number of nitrogens with zero attached hydrogens (tertiary/aromatic N) is 6. The molecule has 1 fully saturated rings. The van der Waals surface area contributed by atoms with Gasteiger partial charge in [0.2, 0.25) is 5.88 Å². The predicted molar refractivity (Wildman–Crippen MR) is 137 cm³/mol. The molecule has 11 nitrogen and oxygen atoms in total. The van der Waals surface area contributed by atoms with Gasteiger partial charge in [0, 0.05) is 29.0 Å². The number of benzene rings is 1. The highest BCUT2D eigenvalue weighted by Gasteiger charge is 2.31. The molecule has 1 saturated heterocycles. The maximum atomic E-state index is 12.1. The van der Waals surface area contributed by atoms with E-state index in [9.17, 15) is 13.2 Å². The Labute approximate surface area is 219 Å². The second kappa shape index (κ2) is 10.0. The minimum absolute atomic E-state index is 0.104. The molecule has 1 aliphatic heterocycles. The number of hydrazine groups is 1. The molecule has 0 radical (unpaired) electrons. The van der Waals surface area contributed by atoms with Crippen LogP contribution in [-0.2, 0) is 14.6 Å². The van der Waals surface area contributed by atoms with Crippen LogP contribution in [0.1, 0.15) is 20.3 Å². The normalized spacial score (nSPS) is 16.7. The Bertz CT molecular complexity index is 1360. The van der Waals surface area contributed by atoms with E-state index in [2.05, 4.69) is 53.1 Å². The minimum atomic E-state index is -3.43. The van der Waals surface area contributed by atoms with Gasteiger partial charge in [0.15, 0.2) is 15.5 Å². The van der Waals surface area contributed by atoms with Crippen LogP contribution in [0.4, 0.5) is 4.79 Å². The standard InChI is InChI=1S/C20H24N6O5S4/c1-11(2)30-20(27)26(34)24-5-4-12(9-24)31-19-14-8-23-25(18(14)21-10-22-19)17-15(32)6-13(7-16(17)33)35(3,28)29/h6-8,10-12,32-34H,4-5,9H2,1-3H3. The van der Waals surface area contributed by atoms with Gasteiger partial charge in [-0.1, -0.05) is 0 Å². The molecule has 188 valence electrons. The summed E-state index contributed by atoms with van der Waals surface area (Å²) < 4.78 is 37.9. The highest BCUT2D eigenvalue weighted by Crippen LogP contribution is 2.33. The molecule has 3 heterocycles. The highest BCUT2D eigenvalue weighted by molar-refractivity contribution is 7.90. The fourth-order valence-electron chi connectivity index (χ4n) is 3.59. The maximum absolute atomic E-state index is 12.1. The molecule has 15 heteroatoms. The minimum Gasteiger partial charge on any atom is -0.472 e. The van der Waals surface area contributed by atoms with Crippen LogP contribution in [-0.4, -0.2) is 75.2 Å². The van der Waals surface area contributed by atoms with Gasteiger partial charge in [-0.3, -0.25) is 0 Å². The Hall–Kier alpha value is -2.20. The van der Waals surface area contributed by atoms with Gasteiger partial charge in [-0.2, -0.15) is 9.51 Å². The molecule has 0 bridgehead atoms. The third-order valence-corrected chi connectivity index (χ3v) is 7.37. The Morgan fingerprint density at radius 2 is 1.91 bits per heavy atom. The second-order valence-corrected chi connectivity index (χ2v) is 11.6. The quantitative estimate of drug-likeness (QED) is 0.394. The van der Waals surface area contributed by atoms with Gasteiger partial charge >= 0.3 is 6.09 Å². The van der Waals surface area contributed by atoms with E-state index >= 15 is 0 Å². The summed E-state index contributed by atoms with van der Waals surface area (Å²) in [6.07, 6.45) is 3.61. The van der Waals surface area contributed by atoms with Crippen molar-refractivity contribution in [3.05, 3.63) is 24.7 Å². The fourth-order valence-corrected chi connectivity index (χ4v) is 5.44. The number of amides is 1. The lowest BCUT2D eigenvalue weighted by atomic mass is 10.3. The molecule has 1 amide bonds. The molecular formula is C20H24N6O5S4. The van der Waals surface area contributed by atoms with Crippen molar-refractivity contribution in [3.8, 4) is 11.6 Å². The summed E-state index contributed by atoms with van der Waals surface area (Å²) in [6, 6.07) is 2.89. The monoisotopic (exact) mass is 556 g/mol. The van der Waals surface area contributed by atoms with Crippen LogP contribution in [0.25, 0.3) is 16.7 Å². The third kappa shape index (κ3) is 5.48. The third-order valence-electron chi connectivity index (χ3n) is 5.18. The van der Waals surface area contributed by atoms with Gasteiger partial charge in [0.05, 0.1) is 29.4 Å². The van der Waals surface area contributed by atoms with Crippen molar-refractivity contribution >= 4 is 65.0 Å². The SMILES string of the molecule is CC(C)OC(=O)N(S)N1CCC(Oc2ncnc3c2cnn3-c2c(S)cc(S(C)(=O)=O)cc2S)C1. The van der Waals surface area contributed by atoms with E-state index in [0.717, 1.165) is 10.7 Å². The van der Waals surface area contributed by atoms with Crippen molar-refractivity contribution in [1.29, 1.82) is 0 Å². The number of sulfone groups is 1. The van der Waals surface area contributed by atoms with Crippen LogP contribution in [0, 0.1) is 0 Å². The van der Waals surface area contributed by atoms with Crippen molar-refractivity contribution < 1.29 is 22.7 Å². The molecule has 1 aliphatic rings. The summed E-state index contributed by atoms with van der Waals surface area (Å²) in [5.41, 5.74) is 0.920. The van der Waals surface area contributed by atoms with Gasteiger partial charge in [0.1, 0.15) is 17.8 Å². The Morgan fingerprint density at radius 3 is 2.54 bits per heavy atom. The predicted octanol–water partition coefficient (Wildman–Crippen LogP) is 2.86. The number of aromatic nitrogens is 4. The second-order valence-electron chi connectivity index (χ2n) is 8.22. The maximum Gasteiger partial charge on any atom is 0.435 e. The molecule has 0 spiro atoms. The molecule has 0 saturated carbocycles. The summed E-state index contributed by atoms with van der Waals surface area (Å²) in [7, 11) is -3.43. The van der Waals surface area contributed by atoms with Crippen LogP contribution in [0.2, 0.25) is 0 Å². The lowest BCUT2D eigenvalue weighted by Gasteiger charge is -2.26. The Balaban J connectivity index is 1.58. The molecule has 1 unspecified atom stereocenters. The summed E-state index contributed by atoms with van der Waals surface area (Å²) in [5.74, 6) is 0.331. The average Bonchev–Trinajstić information content (AvgIpc) is 3.40. The van der Waals surface area contributed by atoms with Gasteiger partial charge in [0.25, 0.3) is 0 Å². The number of ether oxygens (including phenoxy) is 2. The summed E-state index contributed by atoms with van der Waals surface area (Å²) in [6.45, 7) is 4.49. The number of hydrogen-bond donors (Lipinski definition) is 3. The first-order chi connectivity index (χ1) is 16.5. The van der Waals surface area contributed by atoms with Crippen LogP contribution < -0.4 is 4.74 Å². The molecule has 2 aromatic heterocycles. The largest absolute Gasteiger partial charge is 0.472 e. The van der Waals surface area contributed by atoms with E-state index in [1.165, 1.54) is 23.1 Å². The molecule has 0 aliphatic carbocycles. The Kier molecular flexibility index (Phi) is 7.43. The molecular weight excluding hydrogens is 533 g/mol. The number of thiol groups is 3. The smallest absolute Gasteiger partial charge is 0.435 e. The molecule has 1 aromatic carbocycles. The number of carbonyl (C=O) groups excluding carboxylic acids is 1. The van der Waals surface area contributed by atoms with Crippen LogP contribution in [0.5, 0.6) is 5.88 Å². The van der Waals surface area contributed by atoms with Crippen molar-refractivity contribution in [2.45, 2.75) is 47.2 Å². The number of hydrogen-bond acceptors (Lipinski definition) is 12. The number of fused-ring (bicyclic) bond motifs is 1. The van der Waals surface area contributed by atoms with Crippen molar-refractivity contribution in [2.24, 2.45) is 0 Å². The van der Waals surface area contributed by atoms with Crippen LogP contribution >= 0.6 is 38.1 Å². The summed E-state index contributed by atoms with van der Waals surface area (Å²) >= 11 is 13.2. The van der Waals surface area contributed by atoms with E-state index in [0.29, 0.717) is 51.9 Å². The average molecular weight is 557 g/mol. The van der Waals surface area contributed by atoms with Crippen molar-refractivity contribution in [3.63, 3.8) is 0 Å².